The number of aromatic nitrogens is 2. The number of rotatable bonds is 9. The smallest absolute Gasteiger partial charge is 0.274 e. The van der Waals surface area contributed by atoms with Crippen LogP contribution >= 0.6 is 0 Å². The van der Waals surface area contributed by atoms with E-state index in [0.29, 0.717) is 38.3 Å². The molecule has 1 aliphatic rings. The average molecular weight is 448 g/mol. The number of pyridine rings is 1. The maximum absolute atomic E-state index is 13.4. The number of benzene rings is 1. The van der Waals surface area contributed by atoms with Gasteiger partial charge in [0.15, 0.2) is 5.69 Å². The van der Waals surface area contributed by atoms with Crippen LogP contribution in [0.2, 0.25) is 0 Å². The first-order chi connectivity index (χ1) is 16.0. The lowest BCUT2D eigenvalue weighted by atomic mass is 10.1. The van der Waals surface area contributed by atoms with Crippen LogP contribution in [0, 0.1) is 6.92 Å². The van der Waals surface area contributed by atoms with Crippen molar-refractivity contribution in [3.63, 3.8) is 0 Å². The van der Waals surface area contributed by atoms with Crippen LogP contribution in [-0.4, -0.2) is 64.2 Å². The lowest BCUT2D eigenvalue weighted by molar-refractivity contribution is -0.133. The number of carbonyl (C=O) groups excluding carboxylic acids is 2. The van der Waals surface area contributed by atoms with Crippen molar-refractivity contribution in [2.75, 3.05) is 33.2 Å². The number of likely N-dealkylation sites (tertiary alicyclic amines) is 1. The third-order valence-electron chi connectivity index (χ3n) is 6.34. The quantitative estimate of drug-likeness (QED) is 0.512. The summed E-state index contributed by atoms with van der Waals surface area (Å²) in [5.74, 6) is 0.168. The van der Waals surface area contributed by atoms with Gasteiger partial charge in [0.2, 0.25) is 5.91 Å². The van der Waals surface area contributed by atoms with E-state index < -0.39 is 0 Å². The van der Waals surface area contributed by atoms with Crippen molar-refractivity contribution in [3.8, 4) is 0 Å². The number of nitrogens with one attached hydrogen (secondary N) is 1. The number of amides is 2. The van der Waals surface area contributed by atoms with Crippen molar-refractivity contribution < 1.29 is 9.59 Å². The van der Waals surface area contributed by atoms with Crippen molar-refractivity contribution in [1.82, 2.24) is 24.5 Å². The third-order valence-corrected chi connectivity index (χ3v) is 6.34. The van der Waals surface area contributed by atoms with Gasteiger partial charge in [0.05, 0.1) is 5.69 Å². The molecule has 1 aliphatic heterocycles. The summed E-state index contributed by atoms with van der Waals surface area (Å²) in [5.41, 5.74) is 4.39. The molecule has 0 unspecified atom stereocenters. The van der Waals surface area contributed by atoms with Gasteiger partial charge < -0.3 is 19.5 Å². The standard InChI is InChI=1S/C26H33N5O2/c1-20-9-8-16-31-22(19-27-14-18-30-15-7-6-12-23(30)32)24(28-25(20)31)26(33)29(2)17-13-21-10-4-3-5-11-21/h3-5,8-11,16,27H,6-7,12-15,17-19H2,1-2H3. The molecule has 4 rings (SSSR count). The minimum absolute atomic E-state index is 0.0722. The summed E-state index contributed by atoms with van der Waals surface area (Å²) in [6.07, 6.45) is 5.48. The summed E-state index contributed by atoms with van der Waals surface area (Å²) in [6, 6.07) is 14.2. The van der Waals surface area contributed by atoms with Crippen LogP contribution in [-0.2, 0) is 17.8 Å². The van der Waals surface area contributed by atoms with Crippen LogP contribution in [0.5, 0.6) is 0 Å². The molecule has 7 heteroatoms. The van der Waals surface area contributed by atoms with Gasteiger partial charge in [-0.1, -0.05) is 36.4 Å². The molecule has 174 valence electrons. The molecule has 1 saturated heterocycles. The van der Waals surface area contributed by atoms with Crippen LogP contribution in [0.25, 0.3) is 5.65 Å². The van der Waals surface area contributed by atoms with Crippen LogP contribution in [0.4, 0.5) is 0 Å². The van der Waals surface area contributed by atoms with Crippen LogP contribution in [0.3, 0.4) is 0 Å². The Morgan fingerprint density at radius 3 is 2.76 bits per heavy atom. The van der Waals surface area contributed by atoms with E-state index in [1.54, 1.807) is 4.90 Å². The van der Waals surface area contributed by atoms with E-state index in [9.17, 15) is 9.59 Å². The number of likely N-dealkylation sites (N-methyl/N-ethyl adjacent to an activating group) is 1. The first-order valence-electron chi connectivity index (χ1n) is 11.8. The van der Waals surface area contributed by atoms with Crippen molar-refractivity contribution in [1.29, 1.82) is 0 Å². The zero-order chi connectivity index (χ0) is 23.2. The fraction of sp³-hybridized carbons (Fsp3) is 0.423. The van der Waals surface area contributed by atoms with Gasteiger partial charge >= 0.3 is 0 Å². The summed E-state index contributed by atoms with van der Waals surface area (Å²) in [7, 11) is 1.83. The summed E-state index contributed by atoms with van der Waals surface area (Å²) >= 11 is 0. The Kier molecular flexibility index (Phi) is 7.40. The van der Waals surface area contributed by atoms with Crippen LogP contribution in [0.15, 0.2) is 48.7 Å². The molecule has 0 spiro atoms. The molecule has 3 aromatic rings. The maximum atomic E-state index is 13.4. The van der Waals surface area contributed by atoms with Gasteiger partial charge in [0.25, 0.3) is 5.91 Å². The van der Waals surface area contributed by atoms with Crippen molar-refractivity contribution in [3.05, 3.63) is 71.2 Å². The summed E-state index contributed by atoms with van der Waals surface area (Å²) in [4.78, 5) is 33.8. The van der Waals surface area contributed by atoms with E-state index in [2.05, 4.69) is 17.4 Å². The number of aryl methyl sites for hydroxylation is 1. The highest BCUT2D eigenvalue weighted by molar-refractivity contribution is 5.94. The Morgan fingerprint density at radius 2 is 1.97 bits per heavy atom. The molecule has 2 amide bonds. The topological polar surface area (TPSA) is 70.0 Å². The van der Waals surface area contributed by atoms with Gasteiger partial charge in [0.1, 0.15) is 5.65 Å². The van der Waals surface area contributed by atoms with Gasteiger partial charge in [-0.3, -0.25) is 9.59 Å². The molecule has 3 heterocycles. The first-order valence-corrected chi connectivity index (χ1v) is 11.8. The second kappa shape index (κ2) is 10.6. The zero-order valence-corrected chi connectivity index (χ0v) is 19.6. The predicted octanol–water partition coefficient (Wildman–Crippen LogP) is 3.06. The van der Waals surface area contributed by atoms with E-state index in [1.807, 2.05) is 59.8 Å². The molecular weight excluding hydrogens is 414 g/mol. The summed E-state index contributed by atoms with van der Waals surface area (Å²) < 4.78 is 2.01. The Balaban J connectivity index is 1.46. The van der Waals surface area contributed by atoms with Crippen molar-refractivity contribution >= 4 is 17.5 Å². The third kappa shape index (κ3) is 5.42. The zero-order valence-electron chi connectivity index (χ0n) is 19.6. The molecule has 0 saturated carbocycles. The fourth-order valence-electron chi connectivity index (χ4n) is 4.34. The minimum Gasteiger partial charge on any atom is -0.341 e. The Morgan fingerprint density at radius 1 is 1.15 bits per heavy atom. The van der Waals surface area contributed by atoms with Crippen LogP contribution in [0.1, 0.15) is 46.6 Å². The highest BCUT2D eigenvalue weighted by Crippen LogP contribution is 2.18. The lowest BCUT2D eigenvalue weighted by Gasteiger charge is -2.26. The Hall–Kier alpha value is -3.19. The molecule has 0 radical (unpaired) electrons. The maximum Gasteiger partial charge on any atom is 0.274 e. The van der Waals surface area contributed by atoms with Crippen LogP contribution < -0.4 is 5.32 Å². The molecule has 0 atom stereocenters. The largest absolute Gasteiger partial charge is 0.341 e. The summed E-state index contributed by atoms with van der Waals surface area (Å²) in [6.45, 7) is 5.36. The first kappa shape index (κ1) is 23.0. The number of imidazole rings is 1. The number of hydrogen-bond acceptors (Lipinski definition) is 4. The fourth-order valence-corrected chi connectivity index (χ4v) is 4.34. The molecule has 1 aromatic carbocycles. The molecule has 1 fully saturated rings. The van der Waals surface area contributed by atoms with E-state index in [1.165, 1.54) is 5.56 Å². The molecule has 1 N–H and O–H groups in total. The monoisotopic (exact) mass is 447 g/mol. The SMILES string of the molecule is Cc1cccn2c(CNCCN3CCCCC3=O)c(C(=O)N(C)CCc3ccccc3)nc12. The van der Waals surface area contributed by atoms with Gasteiger partial charge in [-0.05, 0) is 43.4 Å². The highest BCUT2D eigenvalue weighted by Gasteiger charge is 2.23. The Labute approximate surface area is 195 Å². The molecule has 33 heavy (non-hydrogen) atoms. The number of nitrogens with zero attached hydrogens (tertiary/aromatic N) is 4. The van der Waals surface area contributed by atoms with Crippen molar-refractivity contribution in [2.45, 2.75) is 39.2 Å². The molecule has 0 bridgehead atoms. The van der Waals surface area contributed by atoms with Gasteiger partial charge in [-0.15, -0.1) is 0 Å². The van der Waals surface area contributed by atoms with E-state index >= 15 is 0 Å². The number of hydrogen-bond donors (Lipinski definition) is 1. The second-order valence-electron chi connectivity index (χ2n) is 8.77. The van der Waals surface area contributed by atoms with E-state index in [4.69, 9.17) is 4.98 Å². The lowest BCUT2D eigenvalue weighted by Crippen LogP contribution is -2.39. The predicted molar refractivity (Wildman–Crippen MR) is 129 cm³/mol. The summed E-state index contributed by atoms with van der Waals surface area (Å²) in [5, 5.41) is 3.43. The van der Waals surface area contributed by atoms with E-state index in [-0.39, 0.29) is 11.8 Å². The molecule has 2 aromatic heterocycles. The minimum atomic E-state index is -0.0722. The number of fused-ring (bicyclic) bond motifs is 1. The normalized spacial score (nSPS) is 14.1. The number of carbonyl (C=O) groups is 2. The molecule has 0 aliphatic carbocycles. The van der Waals surface area contributed by atoms with Crippen molar-refractivity contribution in [2.24, 2.45) is 0 Å². The second-order valence-corrected chi connectivity index (χ2v) is 8.77. The molecule has 7 nitrogen and oxygen atoms in total. The van der Waals surface area contributed by atoms with Gasteiger partial charge in [-0.2, -0.15) is 0 Å². The van der Waals surface area contributed by atoms with Gasteiger partial charge in [-0.25, -0.2) is 4.98 Å². The average Bonchev–Trinajstić information content (AvgIpc) is 3.21. The van der Waals surface area contributed by atoms with E-state index in [0.717, 1.165) is 42.7 Å². The van der Waals surface area contributed by atoms with Gasteiger partial charge in [0, 0.05) is 52.4 Å². The highest BCUT2D eigenvalue weighted by atomic mass is 16.2. The molecular formula is C26H33N5O2. The number of piperidine rings is 1. The Bertz CT molecular complexity index is 1110.